The van der Waals surface area contributed by atoms with Crippen LogP contribution in [0.2, 0.25) is 0 Å². The molecule has 0 bridgehead atoms. The number of nitrogens with two attached hydrogens (primary N) is 1. The molecule has 1 unspecified atom stereocenters. The fraction of sp³-hybridized carbons (Fsp3) is 0.500. The topological polar surface area (TPSA) is 69.9 Å². The summed E-state index contributed by atoms with van der Waals surface area (Å²) in [6.07, 6.45) is 3.67. The van der Waals surface area contributed by atoms with E-state index in [4.69, 9.17) is 10.3 Å². The quantitative estimate of drug-likeness (QED) is 0.879. The van der Waals surface area contributed by atoms with E-state index in [0.29, 0.717) is 0 Å². The van der Waals surface area contributed by atoms with Crippen molar-refractivity contribution in [3.05, 3.63) is 23.7 Å². The van der Waals surface area contributed by atoms with Crippen molar-refractivity contribution in [2.24, 2.45) is 12.8 Å². The Balaban J connectivity index is 2.36. The maximum Gasteiger partial charge on any atom is 0.154 e. The molecule has 2 aromatic heterocycles. The molecule has 5 heteroatoms. The zero-order valence-corrected chi connectivity index (χ0v) is 10.5. The van der Waals surface area contributed by atoms with Crippen LogP contribution in [0.15, 0.2) is 16.8 Å². The first-order chi connectivity index (χ1) is 8.15. The van der Waals surface area contributed by atoms with Gasteiger partial charge in [-0.15, -0.1) is 0 Å². The molecule has 0 amide bonds. The van der Waals surface area contributed by atoms with Crippen LogP contribution in [0.4, 0.5) is 0 Å². The van der Waals surface area contributed by atoms with Crippen molar-refractivity contribution in [1.82, 2.24) is 14.9 Å². The lowest BCUT2D eigenvalue weighted by Gasteiger charge is -2.00. The van der Waals surface area contributed by atoms with Crippen molar-refractivity contribution in [3.8, 4) is 11.3 Å². The van der Waals surface area contributed by atoms with Crippen molar-refractivity contribution < 1.29 is 4.52 Å². The van der Waals surface area contributed by atoms with Crippen molar-refractivity contribution >= 4 is 0 Å². The Morgan fingerprint density at radius 3 is 2.88 bits per heavy atom. The van der Waals surface area contributed by atoms with Crippen molar-refractivity contribution in [2.75, 3.05) is 0 Å². The first kappa shape index (κ1) is 11.9. The zero-order chi connectivity index (χ0) is 12.4. The van der Waals surface area contributed by atoms with Crippen LogP contribution in [0.3, 0.4) is 0 Å². The second-order valence-corrected chi connectivity index (χ2v) is 4.15. The molecule has 2 N–H and O–H groups in total. The van der Waals surface area contributed by atoms with Gasteiger partial charge in [-0.1, -0.05) is 19.0 Å². The van der Waals surface area contributed by atoms with Crippen LogP contribution in [-0.2, 0) is 13.5 Å². The van der Waals surface area contributed by atoms with Crippen molar-refractivity contribution in [3.63, 3.8) is 0 Å². The van der Waals surface area contributed by atoms with Gasteiger partial charge in [0.1, 0.15) is 5.69 Å². The lowest BCUT2D eigenvalue weighted by atomic mass is 10.1. The second-order valence-electron chi connectivity index (χ2n) is 4.15. The average Bonchev–Trinajstić information content (AvgIpc) is 2.93. The summed E-state index contributed by atoms with van der Waals surface area (Å²) in [6, 6.07) is 1.82. The molecule has 0 radical (unpaired) electrons. The number of nitrogens with zero attached hydrogens (tertiary/aromatic N) is 3. The minimum absolute atomic E-state index is 0.0852. The SMILES string of the molecule is CCc1nn(C)cc1-c1cc(C(N)CC)on1. The molecular formula is C12H18N4O. The molecule has 17 heavy (non-hydrogen) atoms. The molecule has 1 atom stereocenters. The van der Waals surface area contributed by atoms with Crippen LogP contribution < -0.4 is 5.73 Å². The Morgan fingerprint density at radius 1 is 1.47 bits per heavy atom. The first-order valence-corrected chi connectivity index (χ1v) is 5.90. The summed E-state index contributed by atoms with van der Waals surface area (Å²) in [6.45, 7) is 4.10. The molecule has 0 spiro atoms. The van der Waals surface area contributed by atoms with Crippen molar-refractivity contribution in [1.29, 1.82) is 0 Å². The third-order valence-electron chi connectivity index (χ3n) is 2.85. The van der Waals surface area contributed by atoms with Gasteiger partial charge in [0.2, 0.25) is 0 Å². The summed E-state index contributed by atoms with van der Waals surface area (Å²) in [5.41, 5.74) is 8.77. The van der Waals surface area contributed by atoms with E-state index in [-0.39, 0.29) is 6.04 Å². The highest BCUT2D eigenvalue weighted by atomic mass is 16.5. The number of hydrogen-bond acceptors (Lipinski definition) is 4. The fourth-order valence-corrected chi connectivity index (χ4v) is 1.80. The molecule has 0 saturated heterocycles. The van der Waals surface area contributed by atoms with E-state index in [2.05, 4.69) is 17.2 Å². The molecule has 92 valence electrons. The summed E-state index contributed by atoms with van der Waals surface area (Å²) in [5.74, 6) is 0.730. The van der Waals surface area contributed by atoms with Crippen LogP contribution in [-0.4, -0.2) is 14.9 Å². The predicted octanol–water partition coefficient (Wildman–Crippen LogP) is 2.05. The van der Waals surface area contributed by atoms with E-state index in [1.807, 2.05) is 26.2 Å². The third kappa shape index (κ3) is 2.24. The number of rotatable bonds is 4. The lowest BCUT2D eigenvalue weighted by molar-refractivity contribution is 0.360. The van der Waals surface area contributed by atoms with Gasteiger partial charge in [-0.25, -0.2) is 0 Å². The van der Waals surface area contributed by atoms with Gasteiger partial charge in [-0.05, 0) is 12.8 Å². The zero-order valence-electron chi connectivity index (χ0n) is 10.5. The minimum Gasteiger partial charge on any atom is -0.359 e. The van der Waals surface area contributed by atoms with Crippen LogP contribution in [0.25, 0.3) is 11.3 Å². The smallest absolute Gasteiger partial charge is 0.154 e. The Labute approximate surface area is 101 Å². The predicted molar refractivity (Wildman–Crippen MR) is 65.3 cm³/mol. The maximum atomic E-state index is 5.91. The molecule has 2 rings (SSSR count). The maximum absolute atomic E-state index is 5.91. The van der Waals surface area contributed by atoms with Crippen molar-refractivity contribution in [2.45, 2.75) is 32.7 Å². The van der Waals surface area contributed by atoms with Gasteiger partial charge in [0.15, 0.2) is 5.76 Å². The molecule has 0 saturated carbocycles. The van der Waals surface area contributed by atoms with Gasteiger partial charge in [-0.3, -0.25) is 4.68 Å². The standard InChI is InChI=1S/C12H18N4O/c1-4-9(13)12-6-11(15-17-12)8-7-16(3)14-10(8)5-2/h6-7,9H,4-5,13H2,1-3H3. The van der Waals surface area contributed by atoms with E-state index in [1.165, 1.54) is 0 Å². The Hall–Kier alpha value is -1.62. The normalized spacial score (nSPS) is 12.9. The van der Waals surface area contributed by atoms with E-state index < -0.39 is 0 Å². The molecule has 0 fully saturated rings. The fourth-order valence-electron chi connectivity index (χ4n) is 1.80. The van der Waals surface area contributed by atoms with Crippen LogP contribution in [0, 0.1) is 0 Å². The van der Waals surface area contributed by atoms with E-state index >= 15 is 0 Å². The molecule has 0 aliphatic rings. The van der Waals surface area contributed by atoms with Gasteiger partial charge in [0.25, 0.3) is 0 Å². The van der Waals surface area contributed by atoms with Gasteiger partial charge in [0, 0.05) is 24.9 Å². The van der Waals surface area contributed by atoms with E-state index in [0.717, 1.165) is 35.6 Å². The van der Waals surface area contributed by atoms with Crippen LogP contribution in [0.5, 0.6) is 0 Å². The minimum atomic E-state index is -0.0852. The van der Waals surface area contributed by atoms with Crippen LogP contribution in [0.1, 0.15) is 37.8 Å². The highest BCUT2D eigenvalue weighted by Gasteiger charge is 2.15. The van der Waals surface area contributed by atoms with Gasteiger partial charge < -0.3 is 10.3 Å². The van der Waals surface area contributed by atoms with E-state index in [1.54, 1.807) is 4.68 Å². The molecule has 0 aromatic carbocycles. The van der Waals surface area contributed by atoms with Gasteiger partial charge in [-0.2, -0.15) is 5.10 Å². The monoisotopic (exact) mass is 234 g/mol. The Kier molecular flexibility index (Phi) is 3.28. The summed E-state index contributed by atoms with van der Waals surface area (Å²) < 4.78 is 7.06. The number of hydrogen-bond donors (Lipinski definition) is 1. The third-order valence-corrected chi connectivity index (χ3v) is 2.85. The lowest BCUT2D eigenvalue weighted by Crippen LogP contribution is -2.06. The summed E-state index contributed by atoms with van der Waals surface area (Å²) in [7, 11) is 1.90. The van der Waals surface area contributed by atoms with Crippen LogP contribution >= 0.6 is 0 Å². The Morgan fingerprint density at radius 2 is 2.24 bits per heavy atom. The average molecular weight is 234 g/mol. The number of aryl methyl sites for hydroxylation is 2. The first-order valence-electron chi connectivity index (χ1n) is 5.90. The largest absolute Gasteiger partial charge is 0.359 e. The molecule has 2 heterocycles. The summed E-state index contributed by atoms with van der Waals surface area (Å²) in [5, 5.41) is 8.45. The summed E-state index contributed by atoms with van der Waals surface area (Å²) in [4.78, 5) is 0. The summed E-state index contributed by atoms with van der Waals surface area (Å²) >= 11 is 0. The molecule has 0 aliphatic heterocycles. The molecule has 5 nitrogen and oxygen atoms in total. The second kappa shape index (κ2) is 4.71. The molecule has 2 aromatic rings. The molecular weight excluding hydrogens is 216 g/mol. The highest BCUT2D eigenvalue weighted by molar-refractivity contribution is 5.61. The highest BCUT2D eigenvalue weighted by Crippen LogP contribution is 2.25. The van der Waals surface area contributed by atoms with E-state index in [9.17, 15) is 0 Å². The van der Waals surface area contributed by atoms with Gasteiger partial charge in [0.05, 0.1) is 11.7 Å². The Bertz CT molecular complexity index is 500. The van der Waals surface area contributed by atoms with Gasteiger partial charge >= 0.3 is 0 Å². The number of aromatic nitrogens is 3. The molecule has 0 aliphatic carbocycles.